The number of hydrogen-bond donors (Lipinski definition) is 1. The van der Waals surface area contributed by atoms with E-state index in [4.69, 9.17) is 5.11 Å². The number of unbranched alkanes of at least 4 members (excludes halogenated alkanes) is 12. The van der Waals surface area contributed by atoms with E-state index in [0.717, 1.165) is 19.4 Å². The molecule has 0 spiro atoms. The van der Waals surface area contributed by atoms with Gasteiger partial charge in [0.25, 0.3) is 0 Å². The molecule has 0 bridgehead atoms. The van der Waals surface area contributed by atoms with Crippen molar-refractivity contribution in [3.05, 3.63) is 0 Å². The van der Waals surface area contributed by atoms with Gasteiger partial charge in [0.05, 0.1) is 6.61 Å². The van der Waals surface area contributed by atoms with Gasteiger partial charge in [0.2, 0.25) is 5.91 Å². The average Bonchev–Trinajstić information content (AvgIpc) is 2.58. The molecule has 144 valence electrons. The molecule has 0 aliphatic rings. The maximum absolute atomic E-state index is 12.0. The summed E-state index contributed by atoms with van der Waals surface area (Å²) in [5, 5.41) is 9.00. The molecule has 0 radical (unpaired) electrons. The maximum Gasteiger partial charge on any atom is 0.222 e. The molecule has 0 aliphatic carbocycles. The van der Waals surface area contributed by atoms with E-state index in [-0.39, 0.29) is 12.5 Å². The molecule has 24 heavy (non-hydrogen) atoms. The topological polar surface area (TPSA) is 40.5 Å². The van der Waals surface area contributed by atoms with Crippen LogP contribution in [-0.4, -0.2) is 35.6 Å². The number of aliphatic hydroxyl groups is 1. The third kappa shape index (κ3) is 15.0. The summed E-state index contributed by atoms with van der Waals surface area (Å²) in [6, 6.07) is 0. The molecule has 0 fully saturated rings. The molecular formula is C21H43NO2. The van der Waals surface area contributed by atoms with Gasteiger partial charge in [0, 0.05) is 19.5 Å². The predicted molar refractivity (Wildman–Crippen MR) is 104 cm³/mol. The molecule has 0 aromatic rings. The highest BCUT2D eigenvalue weighted by molar-refractivity contribution is 5.76. The van der Waals surface area contributed by atoms with Crippen molar-refractivity contribution in [2.24, 2.45) is 0 Å². The molecule has 0 aromatic heterocycles. The van der Waals surface area contributed by atoms with Crippen LogP contribution < -0.4 is 0 Å². The fourth-order valence-electron chi connectivity index (χ4n) is 3.20. The van der Waals surface area contributed by atoms with Crippen molar-refractivity contribution in [1.82, 2.24) is 4.90 Å². The van der Waals surface area contributed by atoms with Crippen LogP contribution in [0.1, 0.15) is 110 Å². The lowest BCUT2D eigenvalue weighted by Gasteiger charge is -2.20. The van der Waals surface area contributed by atoms with Gasteiger partial charge < -0.3 is 10.0 Å². The normalized spacial score (nSPS) is 11.0. The Balaban J connectivity index is 3.33. The van der Waals surface area contributed by atoms with Gasteiger partial charge >= 0.3 is 0 Å². The minimum absolute atomic E-state index is 0.0738. The summed E-state index contributed by atoms with van der Waals surface area (Å²) in [7, 11) is 0. The zero-order valence-corrected chi connectivity index (χ0v) is 16.5. The molecule has 1 amide bonds. The molecule has 0 aliphatic heterocycles. The van der Waals surface area contributed by atoms with Gasteiger partial charge in [-0.25, -0.2) is 0 Å². The first-order valence-electron chi connectivity index (χ1n) is 10.6. The Labute approximate surface area is 151 Å². The Kier molecular flexibility index (Phi) is 18.3. The molecular weight excluding hydrogens is 298 g/mol. The van der Waals surface area contributed by atoms with Crippen LogP contribution in [-0.2, 0) is 4.79 Å². The van der Waals surface area contributed by atoms with E-state index in [2.05, 4.69) is 13.8 Å². The Morgan fingerprint density at radius 1 is 0.667 bits per heavy atom. The van der Waals surface area contributed by atoms with Crippen LogP contribution in [0.4, 0.5) is 0 Å². The smallest absolute Gasteiger partial charge is 0.222 e. The van der Waals surface area contributed by atoms with Gasteiger partial charge in [0.1, 0.15) is 0 Å². The summed E-state index contributed by atoms with van der Waals surface area (Å²) in [4.78, 5) is 13.8. The van der Waals surface area contributed by atoms with Crippen molar-refractivity contribution in [1.29, 1.82) is 0 Å². The fourth-order valence-corrected chi connectivity index (χ4v) is 3.20. The molecule has 3 heteroatoms. The van der Waals surface area contributed by atoms with Gasteiger partial charge in [-0.05, 0) is 12.8 Å². The van der Waals surface area contributed by atoms with Crippen LogP contribution in [0.2, 0.25) is 0 Å². The van der Waals surface area contributed by atoms with E-state index in [1.807, 2.05) is 0 Å². The van der Waals surface area contributed by atoms with Crippen molar-refractivity contribution < 1.29 is 9.90 Å². The highest BCUT2D eigenvalue weighted by Gasteiger charge is 2.10. The number of amides is 1. The van der Waals surface area contributed by atoms with E-state index in [9.17, 15) is 4.79 Å². The van der Waals surface area contributed by atoms with Gasteiger partial charge in [-0.2, -0.15) is 0 Å². The SMILES string of the molecule is CCCCCCCCCCCCCCCC(=O)N(CCC)CCO. The fraction of sp³-hybridized carbons (Fsp3) is 0.952. The average molecular weight is 342 g/mol. The number of nitrogens with zero attached hydrogens (tertiary/aromatic N) is 1. The summed E-state index contributed by atoms with van der Waals surface area (Å²) in [6.07, 6.45) is 18.9. The quantitative estimate of drug-likeness (QED) is 0.325. The largest absolute Gasteiger partial charge is 0.395 e. The third-order valence-corrected chi connectivity index (χ3v) is 4.71. The van der Waals surface area contributed by atoms with Gasteiger partial charge in [-0.15, -0.1) is 0 Å². The van der Waals surface area contributed by atoms with Crippen LogP contribution in [0, 0.1) is 0 Å². The minimum Gasteiger partial charge on any atom is -0.395 e. The van der Waals surface area contributed by atoms with Crippen LogP contribution in [0.3, 0.4) is 0 Å². The lowest BCUT2D eigenvalue weighted by molar-refractivity contribution is -0.131. The predicted octanol–water partition coefficient (Wildman–Crippen LogP) is 5.70. The number of carbonyl (C=O) groups excluding carboxylic acids is 1. The summed E-state index contributed by atoms with van der Waals surface area (Å²) in [5.74, 6) is 0.217. The van der Waals surface area contributed by atoms with E-state index in [1.165, 1.54) is 77.0 Å². The summed E-state index contributed by atoms with van der Waals surface area (Å²) >= 11 is 0. The Morgan fingerprint density at radius 2 is 1.12 bits per heavy atom. The third-order valence-electron chi connectivity index (χ3n) is 4.71. The first-order chi connectivity index (χ1) is 11.8. The molecule has 3 nitrogen and oxygen atoms in total. The van der Waals surface area contributed by atoms with Crippen molar-refractivity contribution in [2.75, 3.05) is 19.7 Å². The molecule has 0 saturated heterocycles. The van der Waals surface area contributed by atoms with E-state index in [0.29, 0.717) is 13.0 Å². The molecule has 1 N–H and O–H groups in total. The monoisotopic (exact) mass is 341 g/mol. The van der Waals surface area contributed by atoms with E-state index >= 15 is 0 Å². The summed E-state index contributed by atoms with van der Waals surface area (Å²) < 4.78 is 0. The van der Waals surface area contributed by atoms with Crippen LogP contribution in [0.25, 0.3) is 0 Å². The summed E-state index contributed by atoms with van der Waals surface area (Å²) in [5.41, 5.74) is 0. The molecule has 0 unspecified atom stereocenters. The number of hydrogen-bond acceptors (Lipinski definition) is 2. The molecule has 0 rings (SSSR count). The maximum atomic E-state index is 12.0. The van der Waals surface area contributed by atoms with Gasteiger partial charge in [-0.3, -0.25) is 4.79 Å². The lowest BCUT2D eigenvalue weighted by Crippen LogP contribution is -2.34. The Morgan fingerprint density at radius 3 is 1.54 bits per heavy atom. The van der Waals surface area contributed by atoms with Crippen molar-refractivity contribution in [3.63, 3.8) is 0 Å². The zero-order valence-electron chi connectivity index (χ0n) is 16.5. The van der Waals surface area contributed by atoms with Crippen LogP contribution >= 0.6 is 0 Å². The van der Waals surface area contributed by atoms with Crippen molar-refractivity contribution in [3.8, 4) is 0 Å². The molecule has 0 atom stereocenters. The number of carbonyl (C=O) groups is 1. The number of rotatable bonds is 18. The van der Waals surface area contributed by atoms with Crippen molar-refractivity contribution in [2.45, 2.75) is 110 Å². The summed E-state index contributed by atoms with van der Waals surface area (Å²) in [6.45, 7) is 5.68. The van der Waals surface area contributed by atoms with Crippen molar-refractivity contribution >= 4 is 5.91 Å². The molecule has 0 aromatic carbocycles. The first kappa shape index (κ1) is 23.4. The number of aliphatic hydroxyl groups excluding tert-OH is 1. The van der Waals surface area contributed by atoms with Gasteiger partial charge in [0.15, 0.2) is 0 Å². The highest BCUT2D eigenvalue weighted by atomic mass is 16.3. The Bertz CT molecular complexity index is 263. The zero-order chi connectivity index (χ0) is 17.9. The second-order valence-corrected chi connectivity index (χ2v) is 7.10. The highest BCUT2D eigenvalue weighted by Crippen LogP contribution is 2.13. The molecule has 0 saturated carbocycles. The minimum atomic E-state index is 0.0738. The second kappa shape index (κ2) is 18.8. The molecule has 0 heterocycles. The Hall–Kier alpha value is -0.570. The van der Waals surface area contributed by atoms with Crippen LogP contribution in [0.15, 0.2) is 0 Å². The van der Waals surface area contributed by atoms with E-state index < -0.39 is 0 Å². The lowest BCUT2D eigenvalue weighted by atomic mass is 10.0. The van der Waals surface area contributed by atoms with E-state index in [1.54, 1.807) is 4.90 Å². The van der Waals surface area contributed by atoms with Gasteiger partial charge in [-0.1, -0.05) is 90.9 Å². The van der Waals surface area contributed by atoms with Crippen LogP contribution in [0.5, 0.6) is 0 Å². The first-order valence-corrected chi connectivity index (χ1v) is 10.6. The second-order valence-electron chi connectivity index (χ2n) is 7.10. The standard InChI is InChI=1S/C21H43NO2/c1-3-5-6-7-8-9-10-11-12-13-14-15-16-17-21(24)22(18-4-2)19-20-23/h23H,3-20H2,1-2H3.